The van der Waals surface area contributed by atoms with Crippen LogP contribution in [0.5, 0.6) is 0 Å². The maximum absolute atomic E-state index is 9.84. The average Bonchev–Trinajstić information content (AvgIpc) is 1.81. The zero-order valence-corrected chi connectivity index (χ0v) is 7.81. The Hall–Kier alpha value is -0.820. The molecule has 1 atom stereocenters. The van der Waals surface area contributed by atoms with E-state index in [4.69, 9.17) is 0 Å². The quantitative estimate of drug-likeness (QED) is 0.619. The summed E-state index contributed by atoms with van der Waals surface area (Å²) in [7, 11) is 0. The van der Waals surface area contributed by atoms with Crippen molar-refractivity contribution in [1.29, 1.82) is 0 Å². The van der Waals surface area contributed by atoms with Gasteiger partial charge in [-0.25, -0.2) is 0 Å². The lowest BCUT2D eigenvalue weighted by Gasteiger charge is -2.38. The van der Waals surface area contributed by atoms with Crippen molar-refractivity contribution in [2.24, 2.45) is 0 Å². The van der Waals surface area contributed by atoms with E-state index in [1.165, 1.54) is 16.7 Å². The molecule has 0 spiro atoms. The number of benzene rings is 1. The van der Waals surface area contributed by atoms with Crippen molar-refractivity contribution in [3.8, 4) is 0 Å². The van der Waals surface area contributed by atoms with Gasteiger partial charge in [0.2, 0.25) is 0 Å². The Morgan fingerprint density at radius 3 is 2.50 bits per heavy atom. The lowest BCUT2D eigenvalue weighted by molar-refractivity contribution is 0.0321. The van der Waals surface area contributed by atoms with Crippen LogP contribution in [0.25, 0.3) is 0 Å². The smallest absolute Gasteiger partial charge is 0.0914 e. The average molecular weight is 162 g/mol. The molecule has 0 amide bonds. The maximum atomic E-state index is 9.84. The number of rotatable bonds is 0. The van der Waals surface area contributed by atoms with E-state index >= 15 is 0 Å². The molecule has 1 nitrogen and oxygen atoms in total. The van der Waals surface area contributed by atoms with E-state index in [0.717, 1.165) is 12.0 Å². The van der Waals surface area contributed by atoms with Crippen LogP contribution in [-0.4, -0.2) is 5.11 Å². The van der Waals surface area contributed by atoms with Crippen LogP contribution >= 0.6 is 0 Å². The largest absolute Gasteiger partial charge is 0.385 e. The first kappa shape index (κ1) is 7.81. The van der Waals surface area contributed by atoms with Crippen molar-refractivity contribution < 1.29 is 5.11 Å². The topological polar surface area (TPSA) is 20.2 Å². The van der Waals surface area contributed by atoms with Gasteiger partial charge >= 0.3 is 0 Å². The summed E-state index contributed by atoms with van der Waals surface area (Å²) >= 11 is 0. The van der Waals surface area contributed by atoms with Gasteiger partial charge in [0.1, 0.15) is 0 Å². The van der Waals surface area contributed by atoms with Crippen LogP contribution in [0, 0.1) is 13.8 Å². The molecule has 0 heterocycles. The highest BCUT2D eigenvalue weighted by molar-refractivity contribution is 5.49. The molecule has 64 valence electrons. The molecule has 0 aliphatic heterocycles. The normalized spacial score (nSPS) is 26.3. The monoisotopic (exact) mass is 162 g/mol. The Balaban J connectivity index is 2.61. The highest BCUT2D eigenvalue weighted by atomic mass is 16.3. The van der Waals surface area contributed by atoms with Crippen molar-refractivity contribution in [1.82, 2.24) is 0 Å². The van der Waals surface area contributed by atoms with Crippen LogP contribution in [0.1, 0.15) is 29.2 Å². The second kappa shape index (κ2) is 2.11. The Morgan fingerprint density at radius 2 is 2.00 bits per heavy atom. The molecule has 0 fully saturated rings. The molecule has 1 aromatic rings. The van der Waals surface area contributed by atoms with Gasteiger partial charge in [0.25, 0.3) is 0 Å². The van der Waals surface area contributed by atoms with Crippen LogP contribution in [0.3, 0.4) is 0 Å². The van der Waals surface area contributed by atoms with Gasteiger partial charge in [-0.2, -0.15) is 0 Å². The summed E-state index contributed by atoms with van der Waals surface area (Å²) in [6.45, 7) is 6.05. The Labute approximate surface area is 73.0 Å². The minimum Gasteiger partial charge on any atom is -0.385 e. The maximum Gasteiger partial charge on any atom is 0.0914 e. The molecule has 1 aliphatic carbocycles. The predicted octanol–water partition coefficient (Wildman–Crippen LogP) is 2.07. The van der Waals surface area contributed by atoms with Gasteiger partial charge in [-0.05, 0) is 37.5 Å². The fourth-order valence-corrected chi connectivity index (χ4v) is 2.32. The number of hydrogen-bond donors (Lipinski definition) is 1. The molecule has 2 rings (SSSR count). The van der Waals surface area contributed by atoms with Crippen molar-refractivity contribution in [2.45, 2.75) is 32.8 Å². The molecule has 0 saturated carbocycles. The molecule has 0 aromatic heterocycles. The standard InChI is InChI=1S/C11H14O/c1-7-4-8(2)10-9(5-7)6-11(10,3)12/h4-5,12H,6H2,1-3H3/t11-/m1/s1. The summed E-state index contributed by atoms with van der Waals surface area (Å²) < 4.78 is 0. The molecule has 1 N–H and O–H groups in total. The van der Waals surface area contributed by atoms with E-state index in [9.17, 15) is 5.11 Å². The third-order valence-electron chi connectivity index (χ3n) is 2.63. The van der Waals surface area contributed by atoms with E-state index in [0.29, 0.717) is 0 Å². The van der Waals surface area contributed by atoms with Gasteiger partial charge in [0.15, 0.2) is 0 Å². The van der Waals surface area contributed by atoms with Gasteiger partial charge in [-0.3, -0.25) is 0 Å². The first-order valence-electron chi connectivity index (χ1n) is 4.34. The Morgan fingerprint density at radius 1 is 1.33 bits per heavy atom. The second-order valence-corrected chi connectivity index (χ2v) is 4.07. The molecule has 0 saturated heterocycles. The minimum atomic E-state index is -0.562. The number of fused-ring (bicyclic) bond motifs is 1. The van der Waals surface area contributed by atoms with Crippen LogP contribution in [0.2, 0.25) is 0 Å². The van der Waals surface area contributed by atoms with Crippen LogP contribution in [0.4, 0.5) is 0 Å². The molecule has 0 bridgehead atoms. The molecule has 12 heavy (non-hydrogen) atoms. The van der Waals surface area contributed by atoms with E-state index in [1.807, 2.05) is 6.92 Å². The van der Waals surface area contributed by atoms with E-state index < -0.39 is 5.60 Å². The van der Waals surface area contributed by atoms with Gasteiger partial charge in [0.05, 0.1) is 5.60 Å². The van der Waals surface area contributed by atoms with Crippen molar-refractivity contribution in [3.05, 3.63) is 34.4 Å². The summed E-state index contributed by atoms with van der Waals surface area (Å²) in [6, 6.07) is 4.30. The molecule has 1 aromatic carbocycles. The highest BCUT2D eigenvalue weighted by Gasteiger charge is 2.37. The summed E-state index contributed by atoms with van der Waals surface area (Å²) in [6.07, 6.45) is 0.810. The molecule has 1 aliphatic rings. The summed E-state index contributed by atoms with van der Waals surface area (Å²) in [5.74, 6) is 0. The van der Waals surface area contributed by atoms with E-state index in [2.05, 4.69) is 26.0 Å². The zero-order valence-electron chi connectivity index (χ0n) is 7.81. The SMILES string of the molecule is Cc1cc(C)c2c(c1)C[C@@]2(C)O. The van der Waals surface area contributed by atoms with Gasteiger partial charge in [0, 0.05) is 6.42 Å². The number of hydrogen-bond acceptors (Lipinski definition) is 1. The van der Waals surface area contributed by atoms with Gasteiger partial charge < -0.3 is 5.11 Å². The Bertz CT molecular complexity index is 320. The highest BCUT2D eigenvalue weighted by Crippen LogP contribution is 2.41. The molecule has 0 radical (unpaired) electrons. The van der Waals surface area contributed by atoms with Crippen LogP contribution in [-0.2, 0) is 12.0 Å². The number of aliphatic hydroxyl groups is 1. The van der Waals surface area contributed by atoms with Crippen molar-refractivity contribution in [2.75, 3.05) is 0 Å². The lowest BCUT2D eigenvalue weighted by Crippen LogP contribution is -2.36. The van der Waals surface area contributed by atoms with Crippen molar-refractivity contribution >= 4 is 0 Å². The third kappa shape index (κ3) is 0.896. The van der Waals surface area contributed by atoms with Gasteiger partial charge in [-0.1, -0.05) is 17.7 Å². The minimum absolute atomic E-state index is 0.562. The zero-order chi connectivity index (χ0) is 8.93. The summed E-state index contributed by atoms with van der Waals surface area (Å²) in [4.78, 5) is 0. The first-order valence-corrected chi connectivity index (χ1v) is 4.34. The lowest BCUT2D eigenvalue weighted by atomic mass is 9.72. The molecular formula is C11H14O. The second-order valence-electron chi connectivity index (χ2n) is 4.07. The predicted molar refractivity (Wildman–Crippen MR) is 49.2 cm³/mol. The molecule has 1 heteroatoms. The first-order chi connectivity index (χ1) is 5.50. The summed E-state index contributed by atoms with van der Waals surface area (Å²) in [5.41, 5.74) is 4.42. The fraction of sp³-hybridized carbons (Fsp3) is 0.455. The molecular weight excluding hydrogens is 148 g/mol. The third-order valence-corrected chi connectivity index (χ3v) is 2.63. The van der Waals surface area contributed by atoms with Crippen LogP contribution in [0.15, 0.2) is 12.1 Å². The van der Waals surface area contributed by atoms with Gasteiger partial charge in [-0.15, -0.1) is 0 Å². The number of aryl methyl sites for hydroxylation is 2. The fourth-order valence-electron chi connectivity index (χ4n) is 2.32. The Kier molecular flexibility index (Phi) is 1.37. The van der Waals surface area contributed by atoms with Crippen molar-refractivity contribution in [3.63, 3.8) is 0 Å². The van der Waals surface area contributed by atoms with E-state index in [-0.39, 0.29) is 0 Å². The molecule has 0 unspecified atom stereocenters. The van der Waals surface area contributed by atoms with Crippen LogP contribution < -0.4 is 0 Å². The van der Waals surface area contributed by atoms with E-state index in [1.54, 1.807) is 0 Å². The summed E-state index contributed by atoms with van der Waals surface area (Å²) in [5, 5.41) is 9.84.